The van der Waals surface area contributed by atoms with Crippen LogP contribution in [-0.2, 0) is 9.59 Å². The van der Waals surface area contributed by atoms with Crippen LogP contribution in [0.2, 0.25) is 0 Å². The number of carbonyl (C=O) groups is 3. The van der Waals surface area contributed by atoms with Crippen LogP contribution in [0, 0.1) is 23.2 Å². The molecule has 4 rings (SSSR count). The fourth-order valence-electron chi connectivity index (χ4n) is 6.01. The predicted octanol–water partition coefficient (Wildman–Crippen LogP) is 3.21. The number of ether oxygens (including phenoxy) is 1. The van der Waals surface area contributed by atoms with Gasteiger partial charge in [-0.15, -0.1) is 0 Å². The van der Waals surface area contributed by atoms with Crippen LogP contribution in [0.25, 0.3) is 10.9 Å². The molecule has 2 fully saturated rings. The third-order valence-electron chi connectivity index (χ3n) is 8.07. The number of benzene rings is 1. The minimum absolute atomic E-state index is 0.0695. The van der Waals surface area contributed by atoms with Gasteiger partial charge in [-0.1, -0.05) is 43.9 Å². The van der Waals surface area contributed by atoms with Crippen molar-refractivity contribution >= 4 is 28.6 Å². The molecule has 0 saturated carbocycles. The Labute approximate surface area is 246 Å². The van der Waals surface area contributed by atoms with Crippen molar-refractivity contribution in [2.75, 3.05) is 26.7 Å². The van der Waals surface area contributed by atoms with Gasteiger partial charge >= 0.3 is 0 Å². The summed E-state index contributed by atoms with van der Waals surface area (Å²) >= 11 is 0. The average molecular weight is 573 g/mol. The Balaban J connectivity index is 1.66. The number of fused-ring (bicyclic) bond motifs is 1. The van der Waals surface area contributed by atoms with Crippen LogP contribution in [0.5, 0.6) is 5.75 Å². The molecule has 0 spiro atoms. The summed E-state index contributed by atoms with van der Waals surface area (Å²) in [6.07, 6.45) is 8.88. The molecule has 2 aromatic rings. The van der Waals surface area contributed by atoms with E-state index in [-0.39, 0.29) is 29.6 Å². The molecule has 0 radical (unpaired) electrons. The molecular weight excluding hydrogens is 532 g/mol. The van der Waals surface area contributed by atoms with Gasteiger partial charge in [0.1, 0.15) is 23.5 Å². The lowest BCUT2D eigenvalue weighted by Gasteiger charge is -2.29. The maximum absolute atomic E-state index is 14.0. The number of amides is 3. The molecule has 2 aliphatic rings. The number of likely N-dealkylation sites (tertiary alicyclic amines) is 1. The van der Waals surface area contributed by atoms with Gasteiger partial charge in [0.15, 0.2) is 0 Å². The summed E-state index contributed by atoms with van der Waals surface area (Å²) in [6.45, 7) is 9.08. The summed E-state index contributed by atoms with van der Waals surface area (Å²) in [5.74, 6) is -0.469. The average Bonchev–Trinajstić information content (AvgIpc) is 3.73. The molecule has 2 saturated heterocycles. The van der Waals surface area contributed by atoms with Gasteiger partial charge in [-0.2, -0.15) is 5.26 Å². The molecule has 3 amide bonds. The predicted molar refractivity (Wildman–Crippen MR) is 162 cm³/mol. The molecule has 1 aromatic carbocycles. The third kappa shape index (κ3) is 6.58. The number of methoxy groups -OCH3 is 1. The Morgan fingerprint density at radius 3 is 2.81 bits per heavy atom. The first-order chi connectivity index (χ1) is 20.3. The van der Waals surface area contributed by atoms with Crippen LogP contribution in [0.15, 0.2) is 60.7 Å². The van der Waals surface area contributed by atoms with Crippen LogP contribution in [0.4, 0.5) is 0 Å². The van der Waals surface area contributed by atoms with Gasteiger partial charge in [0.2, 0.25) is 11.8 Å². The number of aromatic nitrogens is 1. The van der Waals surface area contributed by atoms with Gasteiger partial charge in [0.25, 0.3) is 5.91 Å². The number of likely N-dealkylation sites (N-methyl/N-ethyl adjacent to an activating group) is 1. The molecule has 222 valence electrons. The highest BCUT2D eigenvalue weighted by atomic mass is 16.5. The number of H-pyrrole nitrogens is 1. The number of nitrogens with zero attached hydrogens (tertiary/aromatic N) is 2. The molecule has 10 nitrogen and oxygen atoms in total. The van der Waals surface area contributed by atoms with Crippen molar-refractivity contribution < 1.29 is 19.1 Å². The summed E-state index contributed by atoms with van der Waals surface area (Å²) in [6, 6.07) is 7.47. The molecule has 1 unspecified atom stereocenters. The van der Waals surface area contributed by atoms with Crippen molar-refractivity contribution in [2.45, 2.75) is 51.2 Å². The third-order valence-corrected chi connectivity index (χ3v) is 8.07. The molecule has 0 aliphatic carbocycles. The topological polar surface area (TPSA) is 139 Å². The monoisotopic (exact) mass is 572 g/mol. The number of hydrogen-bond donors (Lipinski definition) is 4. The van der Waals surface area contributed by atoms with Crippen molar-refractivity contribution in [1.29, 1.82) is 5.26 Å². The van der Waals surface area contributed by atoms with Gasteiger partial charge in [-0.25, -0.2) is 0 Å². The van der Waals surface area contributed by atoms with E-state index in [0.717, 1.165) is 16.5 Å². The highest BCUT2D eigenvalue weighted by Crippen LogP contribution is 2.33. The Kier molecular flexibility index (Phi) is 10.2. The quantitative estimate of drug-likeness (QED) is 0.288. The molecule has 4 N–H and O–H groups in total. The lowest BCUT2D eigenvalue weighted by Crippen LogP contribution is -2.55. The van der Waals surface area contributed by atoms with E-state index in [2.05, 4.69) is 33.6 Å². The highest BCUT2D eigenvalue weighted by molar-refractivity contribution is 6.02. The minimum atomic E-state index is -0.782. The first-order valence-corrected chi connectivity index (χ1v) is 14.5. The van der Waals surface area contributed by atoms with E-state index >= 15 is 0 Å². The van der Waals surface area contributed by atoms with E-state index < -0.39 is 18.1 Å². The number of allylic oxidation sites excluding steroid dienone is 4. The van der Waals surface area contributed by atoms with E-state index in [0.29, 0.717) is 50.3 Å². The second kappa shape index (κ2) is 14.0. The van der Waals surface area contributed by atoms with Crippen LogP contribution < -0.4 is 20.7 Å². The zero-order chi connectivity index (χ0) is 30.2. The Morgan fingerprint density at radius 1 is 1.36 bits per heavy atom. The summed E-state index contributed by atoms with van der Waals surface area (Å²) in [5, 5.41) is 19.7. The van der Waals surface area contributed by atoms with Crippen molar-refractivity contribution in [2.24, 2.45) is 11.8 Å². The van der Waals surface area contributed by atoms with Gasteiger partial charge in [0, 0.05) is 35.8 Å². The van der Waals surface area contributed by atoms with Crippen LogP contribution in [0.3, 0.4) is 0 Å². The number of rotatable bonds is 12. The summed E-state index contributed by atoms with van der Waals surface area (Å²) in [7, 11) is 1.58. The van der Waals surface area contributed by atoms with Crippen LogP contribution >= 0.6 is 0 Å². The molecule has 42 heavy (non-hydrogen) atoms. The first-order valence-electron chi connectivity index (χ1n) is 14.5. The SMILES string of the molecule is C=C/C=C(\C=C/C)[C@@H]1C[C@@H](C(=O)N[C@@H](C[C@@H]2CCNC2=O)C(C#N)NCC)N(C(=O)c2cc3c(OC)cccc3[nH]2)C1. The van der Waals surface area contributed by atoms with Crippen molar-refractivity contribution in [3.8, 4) is 11.8 Å². The van der Waals surface area contributed by atoms with E-state index in [1.165, 1.54) is 0 Å². The van der Waals surface area contributed by atoms with Gasteiger partial charge < -0.3 is 30.6 Å². The Bertz CT molecular complexity index is 1420. The molecule has 5 atom stereocenters. The Hall–Kier alpha value is -4.36. The molecular formula is C32H40N6O4. The number of nitrogens with one attached hydrogen (secondary N) is 4. The zero-order valence-electron chi connectivity index (χ0n) is 24.5. The zero-order valence-corrected chi connectivity index (χ0v) is 24.5. The number of carbonyl (C=O) groups excluding carboxylic acids is 3. The van der Waals surface area contributed by atoms with E-state index in [4.69, 9.17) is 4.74 Å². The largest absolute Gasteiger partial charge is 0.496 e. The van der Waals surface area contributed by atoms with E-state index in [9.17, 15) is 19.6 Å². The lowest BCUT2D eigenvalue weighted by molar-refractivity contribution is -0.127. The normalized spacial score (nSPS) is 22.1. The molecule has 3 heterocycles. The van der Waals surface area contributed by atoms with E-state index in [1.807, 2.05) is 50.3 Å². The second-order valence-corrected chi connectivity index (χ2v) is 10.7. The Morgan fingerprint density at radius 2 is 2.17 bits per heavy atom. The standard InChI is InChI=1S/C32H40N6O4/c1-5-9-20(10-6-2)22-16-28(31(40)37-25(27(18-33)34-7-3)15-21-13-14-35-30(21)39)38(19-22)32(41)26-17-23-24(36-26)11-8-12-29(23)42-4/h5-6,8-12,17,21-22,25,27-28,34,36H,1,7,13-16,19H2,2-4H3,(H,35,39)(H,37,40)/b10-6-,20-9+/t21-,22+,25-,27?,28-/m0/s1. The maximum Gasteiger partial charge on any atom is 0.271 e. The van der Waals surface area contributed by atoms with Crippen molar-refractivity contribution in [1.82, 2.24) is 25.8 Å². The summed E-state index contributed by atoms with van der Waals surface area (Å²) in [5.41, 5.74) is 2.09. The van der Waals surface area contributed by atoms with Crippen LogP contribution in [0.1, 0.15) is 43.6 Å². The molecule has 10 heteroatoms. The second-order valence-electron chi connectivity index (χ2n) is 10.7. The molecule has 2 aliphatic heterocycles. The fourth-order valence-corrected chi connectivity index (χ4v) is 6.01. The first kappa shape index (κ1) is 30.6. The molecule has 0 bridgehead atoms. The van der Waals surface area contributed by atoms with E-state index in [1.54, 1.807) is 24.2 Å². The number of hydrogen-bond acceptors (Lipinski definition) is 6. The summed E-state index contributed by atoms with van der Waals surface area (Å²) < 4.78 is 5.47. The van der Waals surface area contributed by atoms with Crippen molar-refractivity contribution in [3.63, 3.8) is 0 Å². The number of aromatic amines is 1. The van der Waals surface area contributed by atoms with Gasteiger partial charge in [0.05, 0.1) is 19.2 Å². The van der Waals surface area contributed by atoms with Gasteiger partial charge in [-0.3, -0.25) is 14.4 Å². The highest BCUT2D eigenvalue weighted by Gasteiger charge is 2.42. The number of nitriles is 1. The summed E-state index contributed by atoms with van der Waals surface area (Å²) in [4.78, 5) is 45.2. The fraction of sp³-hybridized carbons (Fsp3) is 0.438. The van der Waals surface area contributed by atoms with Crippen molar-refractivity contribution in [3.05, 3.63) is 66.4 Å². The molecule has 1 aromatic heterocycles. The smallest absolute Gasteiger partial charge is 0.271 e. The van der Waals surface area contributed by atoms with Gasteiger partial charge in [-0.05, 0) is 56.5 Å². The minimum Gasteiger partial charge on any atom is -0.496 e. The van der Waals surface area contributed by atoms with Crippen LogP contribution in [-0.4, -0.2) is 72.5 Å². The lowest BCUT2D eigenvalue weighted by atomic mass is 9.92. The maximum atomic E-state index is 14.0.